The quantitative estimate of drug-likeness (QED) is 0.823. The lowest BCUT2D eigenvalue weighted by Gasteiger charge is -2.19. The SMILES string of the molecule is ONCc1ccc2c(c1)CCN2Cc1ccccc1. The number of nitrogens with zero attached hydrogens (tertiary/aromatic N) is 1. The van der Waals surface area contributed by atoms with Crippen LogP contribution in [-0.4, -0.2) is 11.8 Å². The average Bonchev–Trinajstić information content (AvgIpc) is 2.83. The van der Waals surface area contributed by atoms with Crippen LogP contribution in [0.25, 0.3) is 0 Å². The summed E-state index contributed by atoms with van der Waals surface area (Å²) in [6, 6.07) is 17.0. The Morgan fingerprint density at radius 3 is 2.68 bits per heavy atom. The van der Waals surface area contributed by atoms with Crippen molar-refractivity contribution in [2.75, 3.05) is 11.4 Å². The molecule has 0 saturated heterocycles. The molecule has 0 spiro atoms. The molecule has 98 valence electrons. The predicted molar refractivity (Wildman–Crippen MR) is 76.3 cm³/mol. The summed E-state index contributed by atoms with van der Waals surface area (Å²) < 4.78 is 0. The topological polar surface area (TPSA) is 35.5 Å². The summed E-state index contributed by atoms with van der Waals surface area (Å²) in [4.78, 5) is 2.42. The van der Waals surface area contributed by atoms with Gasteiger partial charge in [0.25, 0.3) is 0 Å². The van der Waals surface area contributed by atoms with E-state index in [1.54, 1.807) is 0 Å². The predicted octanol–water partition coefficient (Wildman–Crippen LogP) is 2.73. The molecule has 1 heterocycles. The van der Waals surface area contributed by atoms with Crippen LogP contribution in [0.1, 0.15) is 16.7 Å². The van der Waals surface area contributed by atoms with Gasteiger partial charge in [0.15, 0.2) is 0 Å². The Morgan fingerprint density at radius 2 is 1.89 bits per heavy atom. The Labute approximate surface area is 113 Å². The lowest BCUT2D eigenvalue weighted by atomic mass is 10.1. The molecule has 3 nitrogen and oxygen atoms in total. The maximum atomic E-state index is 8.75. The van der Waals surface area contributed by atoms with Crippen molar-refractivity contribution >= 4 is 5.69 Å². The second kappa shape index (κ2) is 5.43. The van der Waals surface area contributed by atoms with E-state index in [4.69, 9.17) is 5.21 Å². The molecule has 2 N–H and O–H groups in total. The van der Waals surface area contributed by atoms with E-state index in [1.165, 1.54) is 16.8 Å². The van der Waals surface area contributed by atoms with E-state index in [2.05, 4.69) is 58.9 Å². The van der Waals surface area contributed by atoms with Gasteiger partial charge in [0, 0.05) is 25.3 Å². The zero-order valence-corrected chi connectivity index (χ0v) is 10.8. The summed E-state index contributed by atoms with van der Waals surface area (Å²) in [7, 11) is 0. The molecule has 0 bridgehead atoms. The third-order valence-electron chi connectivity index (χ3n) is 3.64. The lowest BCUT2D eigenvalue weighted by molar-refractivity contribution is 0.161. The summed E-state index contributed by atoms with van der Waals surface area (Å²) in [5, 5.41) is 8.75. The summed E-state index contributed by atoms with van der Waals surface area (Å²) in [6.45, 7) is 2.54. The molecule has 0 aliphatic carbocycles. The number of hydroxylamine groups is 1. The number of fused-ring (bicyclic) bond motifs is 1. The van der Waals surface area contributed by atoms with Crippen molar-refractivity contribution in [1.29, 1.82) is 0 Å². The Kier molecular flexibility index (Phi) is 3.49. The summed E-state index contributed by atoms with van der Waals surface area (Å²) in [6.07, 6.45) is 1.08. The lowest BCUT2D eigenvalue weighted by Crippen LogP contribution is -2.19. The maximum absolute atomic E-state index is 8.75. The van der Waals surface area contributed by atoms with Gasteiger partial charge in [-0.2, -0.15) is 0 Å². The van der Waals surface area contributed by atoms with Gasteiger partial charge in [-0.15, -0.1) is 0 Å². The molecular weight excluding hydrogens is 236 g/mol. The molecular formula is C16H18N2O. The van der Waals surface area contributed by atoms with Gasteiger partial charge in [0.1, 0.15) is 0 Å². The van der Waals surface area contributed by atoms with Gasteiger partial charge in [-0.3, -0.25) is 0 Å². The second-order valence-corrected chi connectivity index (χ2v) is 4.96. The van der Waals surface area contributed by atoms with E-state index < -0.39 is 0 Å². The van der Waals surface area contributed by atoms with E-state index in [0.29, 0.717) is 6.54 Å². The van der Waals surface area contributed by atoms with Crippen LogP contribution in [0.5, 0.6) is 0 Å². The molecule has 0 atom stereocenters. The van der Waals surface area contributed by atoms with Crippen molar-refractivity contribution in [1.82, 2.24) is 5.48 Å². The van der Waals surface area contributed by atoms with Crippen molar-refractivity contribution < 1.29 is 5.21 Å². The molecule has 0 amide bonds. The van der Waals surface area contributed by atoms with Crippen molar-refractivity contribution in [2.45, 2.75) is 19.5 Å². The van der Waals surface area contributed by atoms with Crippen molar-refractivity contribution in [2.24, 2.45) is 0 Å². The van der Waals surface area contributed by atoms with Gasteiger partial charge < -0.3 is 10.1 Å². The van der Waals surface area contributed by atoms with Crippen molar-refractivity contribution in [3.05, 3.63) is 65.2 Å². The van der Waals surface area contributed by atoms with Gasteiger partial charge in [0.05, 0.1) is 0 Å². The summed E-state index contributed by atoms with van der Waals surface area (Å²) in [5.74, 6) is 0. The monoisotopic (exact) mass is 254 g/mol. The molecule has 0 unspecified atom stereocenters. The number of benzene rings is 2. The van der Waals surface area contributed by atoms with Gasteiger partial charge in [0.2, 0.25) is 0 Å². The van der Waals surface area contributed by atoms with Gasteiger partial charge in [-0.25, -0.2) is 5.48 Å². The van der Waals surface area contributed by atoms with Crippen molar-refractivity contribution in [3.63, 3.8) is 0 Å². The molecule has 1 aliphatic rings. The number of rotatable bonds is 4. The third kappa shape index (κ3) is 2.62. The minimum atomic E-state index is 0.506. The van der Waals surface area contributed by atoms with Gasteiger partial charge in [-0.05, 0) is 29.2 Å². The van der Waals surface area contributed by atoms with Crippen LogP contribution < -0.4 is 10.4 Å². The molecule has 3 rings (SSSR count). The molecule has 2 aromatic carbocycles. The molecule has 0 fully saturated rings. The zero-order valence-electron chi connectivity index (χ0n) is 10.8. The normalized spacial score (nSPS) is 13.6. The van der Waals surface area contributed by atoms with Crippen LogP contribution in [0, 0.1) is 0 Å². The highest BCUT2D eigenvalue weighted by Gasteiger charge is 2.19. The fourth-order valence-corrected chi connectivity index (χ4v) is 2.69. The third-order valence-corrected chi connectivity index (χ3v) is 3.64. The minimum absolute atomic E-state index is 0.506. The zero-order chi connectivity index (χ0) is 13.1. The van der Waals surface area contributed by atoms with Crippen LogP contribution >= 0.6 is 0 Å². The molecule has 19 heavy (non-hydrogen) atoms. The molecule has 3 heteroatoms. The van der Waals surface area contributed by atoms with Crippen LogP contribution in [0.3, 0.4) is 0 Å². The maximum Gasteiger partial charge on any atom is 0.0458 e. The Morgan fingerprint density at radius 1 is 1.05 bits per heavy atom. The number of anilines is 1. The first-order chi connectivity index (χ1) is 9.36. The van der Waals surface area contributed by atoms with Crippen molar-refractivity contribution in [3.8, 4) is 0 Å². The standard InChI is InChI=1S/C16H18N2O/c19-17-11-14-6-7-16-15(10-14)8-9-18(16)12-13-4-2-1-3-5-13/h1-7,10,17,19H,8-9,11-12H2. The Hall–Kier alpha value is -1.84. The molecule has 0 saturated carbocycles. The minimum Gasteiger partial charge on any atom is -0.367 e. The van der Waals surface area contributed by atoms with E-state index in [0.717, 1.165) is 25.1 Å². The second-order valence-electron chi connectivity index (χ2n) is 4.96. The highest BCUT2D eigenvalue weighted by molar-refractivity contribution is 5.59. The smallest absolute Gasteiger partial charge is 0.0458 e. The molecule has 1 aliphatic heterocycles. The summed E-state index contributed by atoms with van der Waals surface area (Å²) >= 11 is 0. The van der Waals surface area contributed by atoms with Crippen LogP contribution in [0.2, 0.25) is 0 Å². The van der Waals surface area contributed by atoms with Gasteiger partial charge >= 0.3 is 0 Å². The van der Waals surface area contributed by atoms with Gasteiger partial charge in [-0.1, -0.05) is 42.5 Å². The first-order valence-electron chi connectivity index (χ1n) is 6.64. The number of hydrogen-bond acceptors (Lipinski definition) is 3. The van der Waals surface area contributed by atoms with Crippen LogP contribution in [0.15, 0.2) is 48.5 Å². The fraction of sp³-hybridized carbons (Fsp3) is 0.250. The Bertz CT molecular complexity index is 554. The number of nitrogens with one attached hydrogen (secondary N) is 1. The summed E-state index contributed by atoms with van der Waals surface area (Å²) in [5.41, 5.74) is 7.39. The largest absolute Gasteiger partial charge is 0.367 e. The van der Waals surface area contributed by atoms with E-state index in [9.17, 15) is 0 Å². The highest BCUT2D eigenvalue weighted by atomic mass is 16.5. The fourth-order valence-electron chi connectivity index (χ4n) is 2.69. The van der Waals surface area contributed by atoms with E-state index in [-0.39, 0.29) is 0 Å². The first-order valence-corrected chi connectivity index (χ1v) is 6.64. The Balaban J connectivity index is 1.79. The highest BCUT2D eigenvalue weighted by Crippen LogP contribution is 2.30. The average molecular weight is 254 g/mol. The molecule has 0 aromatic heterocycles. The van der Waals surface area contributed by atoms with E-state index in [1.807, 2.05) is 0 Å². The van der Waals surface area contributed by atoms with Crippen LogP contribution in [0.4, 0.5) is 5.69 Å². The van der Waals surface area contributed by atoms with E-state index >= 15 is 0 Å². The molecule has 0 radical (unpaired) electrons. The molecule has 2 aromatic rings. The number of hydrogen-bond donors (Lipinski definition) is 2. The van der Waals surface area contributed by atoms with Crippen LogP contribution in [-0.2, 0) is 19.5 Å². The first kappa shape index (κ1) is 12.2.